The van der Waals surface area contributed by atoms with Crippen LogP contribution in [-0.4, -0.2) is 16.8 Å². The summed E-state index contributed by atoms with van der Waals surface area (Å²) in [4.78, 5) is 0. The molecule has 106 valence electrons. The van der Waals surface area contributed by atoms with E-state index in [1.807, 2.05) is 61.5 Å². The summed E-state index contributed by atoms with van der Waals surface area (Å²) in [6.07, 6.45) is 0. The van der Waals surface area contributed by atoms with E-state index in [2.05, 4.69) is 15.5 Å². The molecule has 1 aromatic heterocycles. The van der Waals surface area contributed by atoms with Gasteiger partial charge in [0.2, 0.25) is 5.13 Å². The van der Waals surface area contributed by atoms with E-state index in [9.17, 15) is 0 Å². The number of aromatic nitrogens is 2. The van der Waals surface area contributed by atoms with Crippen LogP contribution in [-0.2, 0) is 0 Å². The maximum absolute atomic E-state index is 5.51. The lowest BCUT2D eigenvalue weighted by Crippen LogP contribution is -1.90. The standard InChI is InChI=1S/C16H15N3OS/c1-2-20-14-10-6-7-12(11-14)15-18-19-16(21-15)17-13-8-4-3-5-9-13/h3-11H,2H2,1H3,(H,17,19). The minimum Gasteiger partial charge on any atom is -0.494 e. The molecule has 0 unspecified atom stereocenters. The number of hydrogen-bond donors (Lipinski definition) is 1. The van der Waals surface area contributed by atoms with Crippen LogP contribution in [0.3, 0.4) is 0 Å². The van der Waals surface area contributed by atoms with Crippen molar-refractivity contribution in [2.24, 2.45) is 0 Å². The van der Waals surface area contributed by atoms with Gasteiger partial charge in [-0.15, -0.1) is 10.2 Å². The molecule has 0 spiro atoms. The third-order valence-electron chi connectivity index (χ3n) is 2.84. The fourth-order valence-corrected chi connectivity index (χ4v) is 2.68. The van der Waals surface area contributed by atoms with Gasteiger partial charge in [0.25, 0.3) is 0 Å². The molecule has 1 N–H and O–H groups in total. The number of para-hydroxylation sites is 1. The van der Waals surface area contributed by atoms with Crippen molar-refractivity contribution in [2.75, 3.05) is 11.9 Å². The number of rotatable bonds is 5. The summed E-state index contributed by atoms with van der Waals surface area (Å²) in [5, 5.41) is 13.3. The molecule has 2 aromatic carbocycles. The molecule has 0 fully saturated rings. The number of hydrogen-bond acceptors (Lipinski definition) is 5. The predicted molar refractivity (Wildman–Crippen MR) is 86.2 cm³/mol. The molecule has 1 heterocycles. The molecular weight excluding hydrogens is 282 g/mol. The maximum atomic E-state index is 5.51. The number of ether oxygens (including phenoxy) is 1. The average molecular weight is 297 g/mol. The Bertz CT molecular complexity index is 712. The van der Waals surface area contributed by atoms with E-state index in [1.165, 1.54) is 11.3 Å². The molecule has 0 saturated heterocycles. The Morgan fingerprint density at radius 3 is 2.71 bits per heavy atom. The second-order valence-corrected chi connectivity index (χ2v) is 5.34. The molecule has 21 heavy (non-hydrogen) atoms. The Morgan fingerprint density at radius 1 is 1.05 bits per heavy atom. The second-order valence-electron chi connectivity index (χ2n) is 4.36. The fraction of sp³-hybridized carbons (Fsp3) is 0.125. The van der Waals surface area contributed by atoms with Crippen LogP contribution in [0.5, 0.6) is 5.75 Å². The van der Waals surface area contributed by atoms with Crippen LogP contribution >= 0.6 is 11.3 Å². The minimum absolute atomic E-state index is 0.653. The number of benzene rings is 2. The van der Waals surface area contributed by atoms with E-state index in [1.54, 1.807) is 0 Å². The number of anilines is 2. The zero-order valence-corrected chi connectivity index (χ0v) is 12.4. The lowest BCUT2D eigenvalue weighted by molar-refractivity contribution is 0.340. The Balaban J connectivity index is 1.80. The van der Waals surface area contributed by atoms with E-state index >= 15 is 0 Å². The first-order chi connectivity index (χ1) is 10.3. The monoisotopic (exact) mass is 297 g/mol. The van der Waals surface area contributed by atoms with Crippen molar-refractivity contribution in [1.29, 1.82) is 0 Å². The van der Waals surface area contributed by atoms with Gasteiger partial charge in [-0.1, -0.05) is 41.7 Å². The highest BCUT2D eigenvalue weighted by Crippen LogP contribution is 2.30. The van der Waals surface area contributed by atoms with Crippen LogP contribution < -0.4 is 10.1 Å². The number of nitrogens with one attached hydrogen (secondary N) is 1. The van der Waals surface area contributed by atoms with E-state index in [-0.39, 0.29) is 0 Å². The van der Waals surface area contributed by atoms with Gasteiger partial charge in [-0.25, -0.2) is 0 Å². The highest BCUT2D eigenvalue weighted by atomic mass is 32.1. The molecule has 0 amide bonds. The van der Waals surface area contributed by atoms with Gasteiger partial charge in [0.15, 0.2) is 0 Å². The van der Waals surface area contributed by atoms with Gasteiger partial charge in [-0.3, -0.25) is 0 Å². The molecule has 0 saturated carbocycles. The van der Waals surface area contributed by atoms with Crippen molar-refractivity contribution < 1.29 is 4.74 Å². The van der Waals surface area contributed by atoms with E-state index in [0.29, 0.717) is 6.61 Å². The fourth-order valence-electron chi connectivity index (χ4n) is 1.92. The van der Waals surface area contributed by atoms with Crippen LogP contribution in [0.4, 0.5) is 10.8 Å². The highest BCUT2D eigenvalue weighted by Gasteiger charge is 2.07. The lowest BCUT2D eigenvalue weighted by atomic mass is 10.2. The quantitative estimate of drug-likeness (QED) is 0.760. The van der Waals surface area contributed by atoms with Crippen LogP contribution in [0.25, 0.3) is 10.6 Å². The molecule has 3 aromatic rings. The number of nitrogens with zero attached hydrogens (tertiary/aromatic N) is 2. The van der Waals surface area contributed by atoms with Gasteiger partial charge >= 0.3 is 0 Å². The van der Waals surface area contributed by atoms with Gasteiger partial charge in [-0.05, 0) is 31.2 Å². The molecule has 4 nitrogen and oxygen atoms in total. The summed E-state index contributed by atoms with van der Waals surface area (Å²) in [6, 6.07) is 17.8. The minimum atomic E-state index is 0.653. The van der Waals surface area contributed by atoms with E-state index < -0.39 is 0 Å². The molecule has 0 aliphatic rings. The van der Waals surface area contributed by atoms with Gasteiger partial charge in [0.05, 0.1) is 6.61 Å². The molecule has 3 rings (SSSR count). The largest absolute Gasteiger partial charge is 0.494 e. The highest BCUT2D eigenvalue weighted by molar-refractivity contribution is 7.18. The van der Waals surface area contributed by atoms with Crippen LogP contribution in [0.2, 0.25) is 0 Å². The van der Waals surface area contributed by atoms with Gasteiger partial charge in [-0.2, -0.15) is 0 Å². The summed E-state index contributed by atoms with van der Waals surface area (Å²) in [7, 11) is 0. The van der Waals surface area contributed by atoms with Crippen molar-refractivity contribution in [3.63, 3.8) is 0 Å². The SMILES string of the molecule is CCOc1cccc(-c2nnc(Nc3ccccc3)s2)c1. The summed E-state index contributed by atoms with van der Waals surface area (Å²) in [6.45, 7) is 2.62. The average Bonchev–Trinajstić information content (AvgIpc) is 2.97. The van der Waals surface area contributed by atoms with Crippen molar-refractivity contribution in [2.45, 2.75) is 6.92 Å². The van der Waals surface area contributed by atoms with Crippen LogP contribution in [0.1, 0.15) is 6.92 Å². The third-order valence-corrected chi connectivity index (χ3v) is 3.73. The zero-order valence-electron chi connectivity index (χ0n) is 11.6. The molecule has 5 heteroatoms. The smallest absolute Gasteiger partial charge is 0.210 e. The first kappa shape index (κ1) is 13.6. The van der Waals surface area contributed by atoms with Gasteiger partial charge in [0, 0.05) is 11.3 Å². The summed E-state index contributed by atoms with van der Waals surface area (Å²) in [5.74, 6) is 0.850. The Labute approximate surface area is 127 Å². The molecule has 0 radical (unpaired) electrons. The summed E-state index contributed by atoms with van der Waals surface area (Å²) in [5.41, 5.74) is 2.02. The maximum Gasteiger partial charge on any atom is 0.210 e. The summed E-state index contributed by atoms with van der Waals surface area (Å²) >= 11 is 1.52. The van der Waals surface area contributed by atoms with Crippen LogP contribution in [0, 0.1) is 0 Å². The van der Waals surface area contributed by atoms with E-state index in [4.69, 9.17) is 4.74 Å². The molecule has 0 atom stereocenters. The van der Waals surface area contributed by atoms with Gasteiger partial charge in [0.1, 0.15) is 10.8 Å². The Hall–Kier alpha value is -2.40. The molecule has 0 bridgehead atoms. The first-order valence-electron chi connectivity index (χ1n) is 6.74. The van der Waals surface area contributed by atoms with Crippen LogP contribution in [0.15, 0.2) is 54.6 Å². The Morgan fingerprint density at radius 2 is 1.90 bits per heavy atom. The van der Waals surface area contributed by atoms with Crippen molar-refractivity contribution >= 4 is 22.2 Å². The van der Waals surface area contributed by atoms with Crippen molar-refractivity contribution in [1.82, 2.24) is 10.2 Å². The zero-order chi connectivity index (χ0) is 14.5. The normalized spacial score (nSPS) is 10.3. The first-order valence-corrected chi connectivity index (χ1v) is 7.55. The topological polar surface area (TPSA) is 47.0 Å². The van der Waals surface area contributed by atoms with E-state index in [0.717, 1.165) is 27.1 Å². The third kappa shape index (κ3) is 3.38. The van der Waals surface area contributed by atoms with Gasteiger partial charge < -0.3 is 10.1 Å². The van der Waals surface area contributed by atoms with Crippen molar-refractivity contribution in [3.8, 4) is 16.3 Å². The molecule has 0 aliphatic heterocycles. The second kappa shape index (κ2) is 6.37. The van der Waals surface area contributed by atoms with Crippen molar-refractivity contribution in [3.05, 3.63) is 54.6 Å². The molecular formula is C16H15N3OS. The lowest BCUT2D eigenvalue weighted by Gasteiger charge is -2.03. The summed E-state index contributed by atoms with van der Waals surface area (Å²) < 4.78 is 5.51. The Kier molecular flexibility index (Phi) is 4.12. The molecule has 0 aliphatic carbocycles. The predicted octanol–water partition coefficient (Wildman–Crippen LogP) is 4.35.